The lowest BCUT2D eigenvalue weighted by atomic mass is 10.2. The number of rotatable bonds is 5. The van der Waals surface area contributed by atoms with E-state index in [1.165, 1.54) is 17.6 Å². The van der Waals surface area contributed by atoms with Crippen molar-refractivity contribution in [3.8, 4) is 0 Å². The van der Waals surface area contributed by atoms with Gasteiger partial charge in [-0.25, -0.2) is 10.4 Å². The van der Waals surface area contributed by atoms with Crippen molar-refractivity contribution >= 4 is 57.5 Å². The number of hydrogen-bond donors (Lipinski definition) is 2. The first-order valence-electron chi connectivity index (χ1n) is 7.52. The number of carbonyl (C=O) groups excluding carboxylic acids is 1. The zero-order valence-electron chi connectivity index (χ0n) is 13.8. The number of aryl methyl sites for hydroxylation is 2. The molecule has 2 heterocycles. The number of anilines is 2. The number of carbonyl (C=O) groups is 1. The van der Waals surface area contributed by atoms with Crippen LogP contribution in [-0.2, 0) is 0 Å². The minimum absolute atomic E-state index is 0.276. The van der Waals surface area contributed by atoms with Crippen molar-refractivity contribution in [1.29, 1.82) is 0 Å². The van der Waals surface area contributed by atoms with Crippen LogP contribution in [0.2, 0.25) is 10.2 Å². The first-order valence-corrected chi connectivity index (χ1v) is 9.09. The van der Waals surface area contributed by atoms with Gasteiger partial charge in [0.15, 0.2) is 10.3 Å². The van der Waals surface area contributed by atoms with Crippen molar-refractivity contribution in [3.05, 3.63) is 62.5 Å². The maximum atomic E-state index is 12.1. The summed E-state index contributed by atoms with van der Waals surface area (Å²) in [6.45, 7) is 3.50. The average molecular weight is 409 g/mol. The molecule has 2 N–H and O–H groups in total. The van der Waals surface area contributed by atoms with Gasteiger partial charge < -0.3 is 9.73 Å². The Morgan fingerprint density at radius 1 is 1.31 bits per heavy atom. The van der Waals surface area contributed by atoms with Gasteiger partial charge in [0.1, 0.15) is 11.5 Å². The van der Waals surface area contributed by atoms with E-state index in [9.17, 15) is 4.79 Å². The first kappa shape index (κ1) is 18.4. The molecule has 0 aliphatic carbocycles. The molecule has 0 aliphatic heterocycles. The fourth-order valence-corrected chi connectivity index (χ4v) is 3.41. The largest absolute Gasteiger partial charge is 0.466 e. The van der Waals surface area contributed by atoms with Gasteiger partial charge >= 0.3 is 0 Å². The number of furan rings is 1. The maximum absolute atomic E-state index is 12.1. The molecule has 1 aromatic carbocycles. The molecule has 0 saturated heterocycles. The smallest absolute Gasteiger partial charge is 0.274 e. The second-order valence-electron chi connectivity index (χ2n) is 5.30. The summed E-state index contributed by atoms with van der Waals surface area (Å²) in [4.78, 5) is 16.9. The Morgan fingerprint density at radius 3 is 2.77 bits per heavy atom. The number of hydrazone groups is 1. The van der Waals surface area contributed by atoms with Crippen molar-refractivity contribution in [3.63, 3.8) is 0 Å². The molecule has 2 aromatic heterocycles. The number of para-hydroxylation sites is 1. The van der Waals surface area contributed by atoms with Gasteiger partial charge in [-0.1, -0.05) is 46.7 Å². The molecule has 0 unspecified atom stereocenters. The Hall–Kier alpha value is -2.35. The number of benzene rings is 1. The third-order valence-electron chi connectivity index (χ3n) is 3.36. The van der Waals surface area contributed by atoms with Crippen LogP contribution in [0.3, 0.4) is 0 Å². The summed E-state index contributed by atoms with van der Waals surface area (Å²) >= 11 is 13.5. The van der Waals surface area contributed by atoms with Crippen LogP contribution in [0, 0.1) is 13.8 Å². The summed E-state index contributed by atoms with van der Waals surface area (Å²) in [6, 6.07) is 8.97. The first-order chi connectivity index (χ1) is 12.4. The SMILES string of the molecule is Cc1cc(C(=O)N/N=C/c2sc(Nc3ccccc3Cl)nc2Cl)c(C)o1. The lowest BCUT2D eigenvalue weighted by molar-refractivity contribution is 0.0953. The fraction of sp³-hybridized carbons (Fsp3) is 0.118. The molecule has 134 valence electrons. The van der Waals surface area contributed by atoms with Gasteiger partial charge in [0.05, 0.1) is 27.4 Å². The Labute approximate surface area is 163 Å². The van der Waals surface area contributed by atoms with Gasteiger partial charge in [0.25, 0.3) is 5.91 Å². The van der Waals surface area contributed by atoms with E-state index in [2.05, 4.69) is 20.8 Å². The molecule has 0 fully saturated rings. The van der Waals surface area contributed by atoms with Crippen molar-refractivity contribution in [2.45, 2.75) is 13.8 Å². The molecule has 9 heteroatoms. The molecule has 0 aliphatic rings. The molecular weight excluding hydrogens is 395 g/mol. The van der Waals surface area contributed by atoms with Crippen LogP contribution >= 0.6 is 34.5 Å². The van der Waals surface area contributed by atoms with Crippen LogP contribution in [0.1, 0.15) is 26.8 Å². The van der Waals surface area contributed by atoms with Crippen LogP contribution in [0.15, 0.2) is 39.9 Å². The van der Waals surface area contributed by atoms with E-state index in [-0.39, 0.29) is 11.1 Å². The van der Waals surface area contributed by atoms with Gasteiger partial charge in [0.2, 0.25) is 0 Å². The Balaban J connectivity index is 1.68. The zero-order chi connectivity index (χ0) is 18.7. The van der Waals surface area contributed by atoms with Gasteiger partial charge in [-0.15, -0.1) is 0 Å². The van der Waals surface area contributed by atoms with Gasteiger partial charge in [0, 0.05) is 0 Å². The zero-order valence-corrected chi connectivity index (χ0v) is 16.2. The summed E-state index contributed by atoms with van der Waals surface area (Å²) in [5, 5.41) is 8.45. The second-order valence-corrected chi connectivity index (χ2v) is 7.10. The number of hydrogen-bond acceptors (Lipinski definition) is 6. The molecule has 26 heavy (non-hydrogen) atoms. The van der Waals surface area contributed by atoms with Gasteiger partial charge in [-0.05, 0) is 32.0 Å². The Morgan fingerprint density at radius 2 is 2.08 bits per heavy atom. The van der Waals surface area contributed by atoms with Crippen LogP contribution in [-0.4, -0.2) is 17.1 Å². The molecule has 0 atom stereocenters. The molecule has 6 nitrogen and oxygen atoms in total. The molecule has 3 rings (SSSR count). The summed E-state index contributed by atoms with van der Waals surface area (Å²) < 4.78 is 5.33. The summed E-state index contributed by atoms with van der Waals surface area (Å²) in [5.41, 5.74) is 3.61. The molecule has 0 saturated carbocycles. The summed E-state index contributed by atoms with van der Waals surface area (Å²) in [5.74, 6) is 0.848. The molecular formula is C17H14Cl2N4O2S. The van der Waals surface area contributed by atoms with E-state index in [0.717, 1.165) is 5.69 Å². The number of nitrogens with one attached hydrogen (secondary N) is 2. The van der Waals surface area contributed by atoms with Crippen molar-refractivity contribution in [1.82, 2.24) is 10.4 Å². The van der Waals surface area contributed by atoms with Crippen molar-refractivity contribution in [2.75, 3.05) is 5.32 Å². The highest BCUT2D eigenvalue weighted by molar-refractivity contribution is 7.17. The highest BCUT2D eigenvalue weighted by atomic mass is 35.5. The third-order valence-corrected chi connectivity index (χ3v) is 4.99. The fourth-order valence-electron chi connectivity index (χ4n) is 2.19. The normalized spacial score (nSPS) is 11.1. The number of thiazole rings is 1. The minimum Gasteiger partial charge on any atom is -0.466 e. The number of amides is 1. The van der Waals surface area contributed by atoms with E-state index in [1.807, 2.05) is 18.2 Å². The van der Waals surface area contributed by atoms with E-state index in [4.69, 9.17) is 27.6 Å². The highest BCUT2D eigenvalue weighted by Gasteiger charge is 2.13. The topological polar surface area (TPSA) is 79.5 Å². The summed E-state index contributed by atoms with van der Waals surface area (Å²) in [6.07, 6.45) is 1.44. The van der Waals surface area contributed by atoms with E-state index >= 15 is 0 Å². The van der Waals surface area contributed by atoms with E-state index in [1.54, 1.807) is 26.0 Å². The molecule has 0 bridgehead atoms. The third kappa shape index (κ3) is 4.24. The average Bonchev–Trinajstić information content (AvgIpc) is 3.11. The lowest BCUT2D eigenvalue weighted by Crippen LogP contribution is -2.17. The quantitative estimate of drug-likeness (QED) is 0.450. The molecule has 0 spiro atoms. The Kier molecular flexibility index (Phi) is 5.61. The summed E-state index contributed by atoms with van der Waals surface area (Å²) in [7, 11) is 0. The van der Waals surface area contributed by atoms with Crippen LogP contribution in [0.5, 0.6) is 0 Å². The second kappa shape index (κ2) is 7.90. The number of nitrogens with zero attached hydrogens (tertiary/aromatic N) is 2. The molecule has 1 amide bonds. The van der Waals surface area contributed by atoms with E-state index < -0.39 is 0 Å². The highest BCUT2D eigenvalue weighted by Crippen LogP contribution is 2.30. The lowest BCUT2D eigenvalue weighted by Gasteiger charge is -2.03. The monoisotopic (exact) mass is 408 g/mol. The van der Waals surface area contributed by atoms with Crippen LogP contribution in [0.4, 0.5) is 10.8 Å². The maximum Gasteiger partial charge on any atom is 0.274 e. The van der Waals surface area contributed by atoms with E-state index in [0.29, 0.717) is 32.1 Å². The van der Waals surface area contributed by atoms with Crippen molar-refractivity contribution in [2.24, 2.45) is 5.10 Å². The van der Waals surface area contributed by atoms with Crippen LogP contribution in [0.25, 0.3) is 0 Å². The van der Waals surface area contributed by atoms with Crippen molar-refractivity contribution < 1.29 is 9.21 Å². The van der Waals surface area contributed by atoms with Crippen LogP contribution < -0.4 is 10.7 Å². The standard InChI is InChI=1S/C17H14Cl2N4O2S/c1-9-7-11(10(2)25-9)16(24)23-20-8-14-15(19)22-17(26-14)21-13-6-4-3-5-12(13)18/h3-8H,1-2H3,(H,21,22)(H,23,24)/b20-8+. The van der Waals surface area contributed by atoms with Gasteiger partial charge in [-0.2, -0.15) is 5.10 Å². The number of halogens is 2. The number of aromatic nitrogens is 1. The molecule has 0 radical (unpaired) electrons. The predicted molar refractivity (Wildman–Crippen MR) is 105 cm³/mol. The molecule has 3 aromatic rings. The van der Waals surface area contributed by atoms with Gasteiger partial charge in [-0.3, -0.25) is 4.79 Å². The predicted octanol–water partition coefficient (Wildman–Crippen LogP) is 5.17. The minimum atomic E-state index is -0.356. The Bertz CT molecular complexity index is 981.